The van der Waals surface area contributed by atoms with E-state index >= 15 is 0 Å². The Kier molecular flexibility index (Phi) is 27.3. The van der Waals surface area contributed by atoms with Crippen molar-refractivity contribution >= 4 is 47.1 Å². The normalized spacial score (nSPS) is 18.4. The molecular formula is C88H91F4N3Na2O9S. The molecule has 0 aromatic heterocycles. The first-order chi connectivity index (χ1) is 50.4. The van der Waals surface area contributed by atoms with Crippen LogP contribution in [-0.4, -0.2) is 70.2 Å². The summed E-state index contributed by atoms with van der Waals surface area (Å²) in [4.78, 5) is 41.6. The Hall–Kier alpha value is -7.74. The number of fused-ring (bicyclic) bond motifs is 3. The summed E-state index contributed by atoms with van der Waals surface area (Å²) < 4.78 is 71.5. The summed E-state index contributed by atoms with van der Waals surface area (Å²) in [6.07, 6.45) is 7.78. The van der Waals surface area contributed by atoms with Crippen LogP contribution in [0.1, 0.15) is 145 Å². The number of hydrogen-bond donors (Lipinski definition) is 1. The minimum Gasteiger partial charge on any atom is -0.550 e. The molecule has 9 aromatic rings. The first kappa shape index (κ1) is 81.8. The van der Waals surface area contributed by atoms with Crippen LogP contribution in [0.4, 0.5) is 34.1 Å². The topological polar surface area (TPSA) is 155 Å². The second-order valence-corrected chi connectivity index (χ2v) is 29.7. The smallest absolute Gasteiger partial charge is 0.550 e. The Morgan fingerprint density at radius 2 is 0.673 bits per heavy atom. The number of carbonyl (C=O) groups is 3. The Morgan fingerprint density at radius 3 is 0.907 bits per heavy atom. The van der Waals surface area contributed by atoms with Crippen LogP contribution in [0.15, 0.2) is 182 Å². The molecule has 15 rings (SSSR count). The Morgan fingerprint density at radius 1 is 0.421 bits per heavy atom. The SMILES string of the molecule is CSF.Cc1ccc(F)c(-c2ccc(C3COc4ccc([C@H](C5CC5)[C@H](C)C(=O)O)cc4N3C)cc2)c1.Cc1ccc(F)c(-c2ccc(C3COc4ccc([C@H](C5CC5)[C@H](C)C(=O)[O-])cc4N3C)cc2)c1.Cc1ccc(F)c(-c2ccc(C3COc4ccc([C@H](C5CC5)[C@H](C)C(=O)[O-])cc4N3C)cc2)c1.[Na+].[Na+]. The Balaban J connectivity index is 0.000000167. The average Bonchev–Trinajstić information content (AvgIpc) is 1.74. The fraction of sp³-hybridized carbons (Fsp3) is 0.352. The number of carboxylic acids is 3. The predicted molar refractivity (Wildman–Crippen MR) is 405 cm³/mol. The zero-order chi connectivity index (χ0) is 74.7. The molecule has 107 heavy (non-hydrogen) atoms. The molecule has 3 saturated carbocycles. The van der Waals surface area contributed by atoms with Crippen molar-refractivity contribution in [2.45, 2.75) is 116 Å². The second-order valence-electron chi connectivity index (χ2n) is 29.4. The second kappa shape index (κ2) is 35.7. The summed E-state index contributed by atoms with van der Waals surface area (Å²) in [6.45, 7) is 12.7. The summed E-state index contributed by atoms with van der Waals surface area (Å²) in [5.41, 5.74) is 16.7. The largest absolute Gasteiger partial charge is 1.00 e. The number of nitrogens with zero attached hydrogens (tertiary/aromatic N) is 3. The van der Waals surface area contributed by atoms with Gasteiger partial charge in [-0.15, -0.1) is 0 Å². The number of benzene rings is 9. The number of likely N-dealkylation sites (N-methyl/N-ethyl adjacent to an activating group) is 3. The number of carbonyl (C=O) groups excluding carboxylic acids is 2. The van der Waals surface area contributed by atoms with Gasteiger partial charge in [0.15, 0.2) is 0 Å². The van der Waals surface area contributed by atoms with Gasteiger partial charge in [0.25, 0.3) is 0 Å². The van der Waals surface area contributed by atoms with Gasteiger partial charge in [0.1, 0.15) is 54.5 Å². The molecule has 1 N–H and O–H groups in total. The number of hydrogen-bond acceptors (Lipinski definition) is 12. The zero-order valence-corrected chi connectivity index (χ0v) is 67.9. The molecule has 3 heterocycles. The molecule has 6 aliphatic rings. The molecular weight excluding hydrogens is 1400 g/mol. The van der Waals surface area contributed by atoms with Crippen LogP contribution in [0.5, 0.6) is 17.2 Å². The maximum Gasteiger partial charge on any atom is 1.00 e. The van der Waals surface area contributed by atoms with Gasteiger partial charge < -0.3 is 53.8 Å². The minimum absolute atomic E-state index is 0. The number of halogens is 4. The molecule has 3 aliphatic carbocycles. The van der Waals surface area contributed by atoms with Gasteiger partial charge in [0.2, 0.25) is 0 Å². The van der Waals surface area contributed by atoms with Gasteiger partial charge in [-0.25, -0.2) is 13.2 Å². The predicted octanol–water partition coefficient (Wildman–Crippen LogP) is 12.3. The van der Waals surface area contributed by atoms with Crippen LogP contribution in [0.25, 0.3) is 33.4 Å². The molecule has 0 bridgehead atoms. The van der Waals surface area contributed by atoms with E-state index in [1.807, 2.05) is 169 Å². The van der Waals surface area contributed by atoms with E-state index in [2.05, 4.69) is 39.9 Å². The minimum atomic E-state index is -0.998. The van der Waals surface area contributed by atoms with E-state index in [-0.39, 0.29) is 125 Å². The molecule has 0 amide bonds. The van der Waals surface area contributed by atoms with Crippen molar-refractivity contribution in [1.29, 1.82) is 0 Å². The first-order valence-corrected chi connectivity index (χ1v) is 37.4. The van der Waals surface area contributed by atoms with Crippen LogP contribution in [0.2, 0.25) is 0 Å². The third-order valence-electron chi connectivity index (χ3n) is 22.2. The third kappa shape index (κ3) is 18.8. The van der Waals surface area contributed by atoms with E-state index in [1.165, 1.54) is 24.5 Å². The van der Waals surface area contributed by atoms with Crippen LogP contribution in [0.3, 0.4) is 0 Å². The Labute approximate surface area is 675 Å². The van der Waals surface area contributed by atoms with Crippen LogP contribution in [-0.2, 0) is 14.4 Å². The molecule has 19 heteroatoms. The maximum absolute atomic E-state index is 14.3. The van der Waals surface area contributed by atoms with Crippen molar-refractivity contribution in [3.05, 3.63) is 250 Å². The fourth-order valence-electron chi connectivity index (χ4n) is 15.7. The fourth-order valence-corrected chi connectivity index (χ4v) is 15.7. The van der Waals surface area contributed by atoms with Gasteiger partial charge in [0, 0.05) is 80.0 Å². The van der Waals surface area contributed by atoms with Crippen LogP contribution >= 0.6 is 12.1 Å². The number of aliphatic carboxylic acids is 3. The summed E-state index contributed by atoms with van der Waals surface area (Å²) in [5.74, 6) is -1.36. The molecule has 0 saturated heterocycles. The van der Waals surface area contributed by atoms with Crippen LogP contribution < -0.4 is 98.2 Å². The third-order valence-corrected chi connectivity index (χ3v) is 22.2. The van der Waals surface area contributed by atoms with E-state index in [1.54, 1.807) is 32.0 Å². The number of rotatable bonds is 18. The summed E-state index contributed by atoms with van der Waals surface area (Å²) in [5, 5.41) is 32.9. The average molecular weight is 1490 g/mol. The Bertz CT molecular complexity index is 4160. The van der Waals surface area contributed by atoms with Crippen molar-refractivity contribution in [3.63, 3.8) is 0 Å². The molecule has 9 aromatic carbocycles. The molecule has 0 radical (unpaired) electrons. The van der Waals surface area contributed by atoms with Gasteiger partial charge in [-0.1, -0.05) is 147 Å². The van der Waals surface area contributed by atoms with Gasteiger partial charge in [-0.05, 0) is 218 Å². The van der Waals surface area contributed by atoms with E-state index in [0.717, 1.165) is 140 Å². The molecule has 548 valence electrons. The number of ether oxygens (including phenoxy) is 3. The van der Waals surface area contributed by atoms with E-state index in [9.17, 15) is 46.8 Å². The number of anilines is 3. The van der Waals surface area contributed by atoms with E-state index in [4.69, 9.17) is 14.2 Å². The number of aryl methyl sites for hydroxylation is 3. The zero-order valence-electron chi connectivity index (χ0n) is 63.1. The van der Waals surface area contributed by atoms with Crippen molar-refractivity contribution in [1.82, 2.24) is 0 Å². The van der Waals surface area contributed by atoms with Gasteiger partial charge >= 0.3 is 65.1 Å². The van der Waals surface area contributed by atoms with Gasteiger partial charge in [-0.2, -0.15) is 3.89 Å². The van der Waals surface area contributed by atoms with Gasteiger partial charge in [0.05, 0.1) is 41.1 Å². The van der Waals surface area contributed by atoms with Crippen LogP contribution in [0, 0.1) is 73.7 Å². The summed E-state index contributed by atoms with van der Waals surface area (Å²) in [7, 11) is 6.13. The molecule has 0 spiro atoms. The summed E-state index contributed by atoms with van der Waals surface area (Å²) in [6, 6.07) is 57.6. The first-order valence-electron chi connectivity index (χ1n) is 36.3. The summed E-state index contributed by atoms with van der Waals surface area (Å²) >= 11 is 0.250. The number of carboxylic acid groups (broad SMARTS) is 3. The van der Waals surface area contributed by atoms with Crippen molar-refractivity contribution < 1.29 is 120 Å². The van der Waals surface area contributed by atoms with Gasteiger partial charge in [-0.3, -0.25) is 4.79 Å². The maximum atomic E-state index is 14.3. The standard InChI is InChI=1S/3C29H30FNO3.CH3FS.2Na/c3*1-17-4-12-24(30)23(14-17)19-5-7-20(8-6-19)26-16-34-27-13-11-22(15-25(27)31(26)3)28(21-9-10-21)18(2)29(32)33;1-3-2;;/h3*4-8,11-15,18,21,26,28H,9-10,16H2,1-3H3,(H,32,33);1H3;;/q;;;;2*+1/p-2/t3*18-,26?,28-;;;/m000.../s1. The molecule has 12 nitrogen and oxygen atoms in total. The van der Waals surface area contributed by atoms with Crippen molar-refractivity contribution in [3.8, 4) is 50.6 Å². The monoisotopic (exact) mass is 1490 g/mol. The van der Waals surface area contributed by atoms with Crippen molar-refractivity contribution in [2.24, 2.45) is 35.5 Å². The van der Waals surface area contributed by atoms with E-state index in [0.29, 0.717) is 54.3 Å². The molecule has 3 aliphatic heterocycles. The molecule has 9 atom stereocenters. The molecule has 3 fully saturated rings. The van der Waals surface area contributed by atoms with Crippen molar-refractivity contribution in [2.75, 3.05) is 61.9 Å². The van der Waals surface area contributed by atoms with E-state index < -0.39 is 35.7 Å². The quantitative estimate of drug-likeness (QED) is 0.0640. The molecule has 3 unspecified atom stereocenters.